The highest BCUT2D eigenvalue weighted by Gasteiger charge is 2.23. The van der Waals surface area contributed by atoms with Gasteiger partial charge >= 0.3 is 0 Å². The number of ether oxygens (including phenoxy) is 1. The van der Waals surface area contributed by atoms with Gasteiger partial charge in [-0.15, -0.1) is 0 Å². The van der Waals surface area contributed by atoms with Gasteiger partial charge in [0.05, 0.1) is 19.3 Å². The maximum atomic E-state index is 11.9. The molecule has 0 aromatic heterocycles. The molecule has 4 nitrogen and oxygen atoms in total. The Labute approximate surface area is 121 Å². The lowest BCUT2D eigenvalue weighted by atomic mass is 10.1. The highest BCUT2D eigenvalue weighted by Crippen LogP contribution is 2.21. The first-order valence-electron chi connectivity index (χ1n) is 7.30. The predicted molar refractivity (Wildman–Crippen MR) is 79.4 cm³/mol. The summed E-state index contributed by atoms with van der Waals surface area (Å²) in [6.07, 6.45) is 0.0721. The summed E-state index contributed by atoms with van der Waals surface area (Å²) in [7, 11) is 0. The molecule has 1 unspecified atom stereocenters. The van der Waals surface area contributed by atoms with Crippen LogP contribution >= 0.6 is 0 Å². The van der Waals surface area contributed by atoms with Gasteiger partial charge in [0.2, 0.25) is 5.91 Å². The Kier molecular flexibility index (Phi) is 5.56. The van der Waals surface area contributed by atoms with Crippen LogP contribution in [0.2, 0.25) is 0 Å². The summed E-state index contributed by atoms with van der Waals surface area (Å²) in [6.45, 7) is 7.67. The average Bonchev–Trinajstić information content (AvgIpc) is 2.46. The minimum atomic E-state index is 0.0721. The van der Waals surface area contributed by atoms with Crippen LogP contribution in [0.1, 0.15) is 25.5 Å². The Bertz CT molecular complexity index is 420. The molecular formula is C16H24N2O2. The van der Waals surface area contributed by atoms with E-state index in [0.29, 0.717) is 19.1 Å². The van der Waals surface area contributed by atoms with E-state index in [4.69, 9.17) is 4.74 Å². The van der Waals surface area contributed by atoms with Gasteiger partial charge in [-0.05, 0) is 11.5 Å². The quantitative estimate of drug-likeness (QED) is 0.892. The number of hydrogen-bond acceptors (Lipinski definition) is 3. The van der Waals surface area contributed by atoms with Crippen molar-refractivity contribution in [3.8, 4) is 0 Å². The molecule has 1 saturated heterocycles. The van der Waals surface area contributed by atoms with Crippen molar-refractivity contribution < 1.29 is 9.53 Å². The van der Waals surface area contributed by atoms with Gasteiger partial charge in [-0.1, -0.05) is 44.2 Å². The van der Waals surface area contributed by atoms with Crippen LogP contribution in [0.25, 0.3) is 0 Å². The lowest BCUT2D eigenvalue weighted by Gasteiger charge is -2.32. The van der Waals surface area contributed by atoms with E-state index in [2.05, 4.69) is 36.2 Å². The molecule has 2 rings (SSSR count). The molecule has 110 valence electrons. The predicted octanol–water partition coefficient (Wildman–Crippen LogP) is 1.83. The van der Waals surface area contributed by atoms with Crippen molar-refractivity contribution in [2.75, 3.05) is 32.8 Å². The normalized spacial score (nSPS) is 20.1. The first-order chi connectivity index (χ1) is 9.65. The molecule has 1 N–H and O–H groups in total. The molecule has 1 aromatic rings. The van der Waals surface area contributed by atoms with Gasteiger partial charge in [-0.25, -0.2) is 0 Å². The fraction of sp³-hybridized carbons (Fsp3) is 0.562. The Morgan fingerprint density at radius 1 is 1.40 bits per heavy atom. The lowest BCUT2D eigenvalue weighted by Crippen LogP contribution is -2.44. The Morgan fingerprint density at radius 3 is 2.85 bits per heavy atom. The number of amides is 1. The summed E-state index contributed by atoms with van der Waals surface area (Å²) in [5, 5.41) is 2.96. The molecule has 0 spiro atoms. The van der Waals surface area contributed by atoms with Gasteiger partial charge in [0, 0.05) is 19.6 Å². The van der Waals surface area contributed by atoms with Crippen molar-refractivity contribution in [2.24, 2.45) is 5.92 Å². The molecule has 1 fully saturated rings. The molecule has 0 aliphatic carbocycles. The van der Waals surface area contributed by atoms with Crippen LogP contribution in [-0.2, 0) is 9.53 Å². The van der Waals surface area contributed by atoms with Gasteiger partial charge in [0.25, 0.3) is 0 Å². The standard InChI is InChI=1S/C16H24N2O2/c1-13(2)10-17-16(19)12-18-8-9-20-15(11-18)14-6-4-3-5-7-14/h3-7,13,15H,8-12H2,1-2H3,(H,17,19). The minimum Gasteiger partial charge on any atom is -0.371 e. The first kappa shape index (κ1) is 15.0. The molecule has 0 bridgehead atoms. The fourth-order valence-electron chi connectivity index (χ4n) is 2.29. The van der Waals surface area contributed by atoms with Crippen molar-refractivity contribution in [3.05, 3.63) is 35.9 Å². The van der Waals surface area contributed by atoms with Crippen molar-refractivity contribution in [3.63, 3.8) is 0 Å². The maximum Gasteiger partial charge on any atom is 0.234 e. The SMILES string of the molecule is CC(C)CNC(=O)CN1CCOC(c2ccccc2)C1. The van der Waals surface area contributed by atoms with Crippen molar-refractivity contribution in [1.29, 1.82) is 0 Å². The van der Waals surface area contributed by atoms with Gasteiger partial charge in [-0.3, -0.25) is 9.69 Å². The summed E-state index contributed by atoms with van der Waals surface area (Å²) in [5.74, 6) is 0.591. The molecule has 1 amide bonds. The zero-order valence-electron chi connectivity index (χ0n) is 12.3. The van der Waals surface area contributed by atoms with Crippen LogP contribution in [0.3, 0.4) is 0 Å². The van der Waals surface area contributed by atoms with Gasteiger partial charge in [-0.2, -0.15) is 0 Å². The number of morpholine rings is 1. The Hall–Kier alpha value is -1.39. The van der Waals surface area contributed by atoms with Gasteiger partial charge in [0.15, 0.2) is 0 Å². The Morgan fingerprint density at radius 2 is 2.15 bits per heavy atom. The highest BCUT2D eigenvalue weighted by molar-refractivity contribution is 5.78. The molecule has 0 radical (unpaired) electrons. The lowest BCUT2D eigenvalue weighted by molar-refractivity contribution is -0.124. The summed E-state index contributed by atoms with van der Waals surface area (Å²) < 4.78 is 5.80. The average molecular weight is 276 g/mol. The second-order valence-corrected chi connectivity index (χ2v) is 5.70. The van der Waals surface area contributed by atoms with E-state index in [1.54, 1.807) is 0 Å². The smallest absolute Gasteiger partial charge is 0.234 e. The van der Waals surface area contributed by atoms with Crippen molar-refractivity contribution in [2.45, 2.75) is 20.0 Å². The monoisotopic (exact) mass is 276 g/mol. The molecule has 20 heavy (non-hydrogen) atoms. The zero-order valence-corrected chi connectivity index (χ0v) is 12.3. The van der Waals surface area contributed by atoms with E-state index in [9.17, 15) is 4.79 Å². The number of carbonyl (C=O) groups is 1. The largest absolute Gasteiger partial charge is 0.371 e. The van der Waals surface area contributed by atoms with Crippen LogP contribution in [0.4, 0.5) is 0 Å². The van der Waals surface area contributed by atoms with E-state index >= 15 is 0 Å². The number of nitrogens with one attached hydrogen (secondary N) is 1. The number of nitrogens with zero attached hydrogens (tertiary/aromatic N) is 1. The van der Waals surface area contributed by atoms with Crippen LogP contribution in [0, 0.1) is 5.92 Å². The second kappa shape index (κ2) is 7.41. The van der Waals surface area contributed by atoms with Crippen LogP contribution in [0.5, 0.6) is 0 Å². The van der Waals surface area contributed by atoms with Crippen LogP contribution in [-0.4, -0.2) is 43.6 Å². The molecule has 0 saturated carbocycles. The summed E-state index contributed by atoms with van der Waals surface area (Å²) in [6, 6.07) is 10.2. The third-order valence-corrected chi connectivity index (χ3v) is 3.40. The van der Waals surface area contributed by atoms with E-state index in [1.807, 2.05) is 18.2 Å². The summed E-state index contributed by atoms with van der Waals surface area (Å²) >= 11 is 0. The number of rotatable bonds is 5. The molecular weight excluding hydrogens is 252 g/mol. The third kappa shape index (κ3) is 4.62. The fourth-order valence-corrected chi connectivity index (χ4v) is 2.29. The molecule has 1 aliphatic rings. The minimum absolute atomic E-state index is 0.0721. The molecule has 1 aliphatic heterocycles. The summed E-state index contributed by atoms with van der Waals surface area (Å²) in [4.78, 5) is 14.0. The highest BCUT2D eigenvalue weighted by atomic mass is 16.5. The molecule has 4 heteroatoms. The van der Waals surface area contributed by atoms with Gasteiger partial charge in [0.1, 0.15) is 0 Å². The topological polar surface area (TPSA) is 41.6 Å². The van der Waals surface area contributed by atoms with E-state index in [1.165, 1.54) is 5.56 Å². The van der Waals surface area contributed by atoms with Crippen molar-refractivity contribution >= 4 is 5.91 Å². The van der Waals surface area contributed by atoms with E-state index in [-0.39, 0.29) is 12.0 Å². The van der Waals surface area contributed by atoms with Crippen molar-refractivity contribution in [1.82, 2.24) is 10.2 Å². The number of hydrogen-bond donors (Lipinski definition) is 1. The Balaban J connectivity index is 1.83. The second-order valence-electron chi connectivity index (χ2n) is 5.70. The molecule has 1 aromatic carbocycles. The van der Waals surface area contributed by atoms with Crippen LogP contribution in [0.15, 0.2) is 30.3 Å². The first-order valence-corrected chi connectivity index (χ1v) is 7.30. The number of benzene rings is 1. The maximum absolute atomic E-state index is 11.9. The summed E-state index contributed by atoms with van der Waals surface area (Å²) in [5.41, 5.74) is 1.18. The molecule has 1 heterocycles. The van der Waals surface area contributed by atoms with E-state index < -0.39 is 0 Å². The van der Waals surface area contributed by atoms with E-state index in [0.717, 1.165) is 19.6 Å². The third-order valence-electron chi connectivity index (χ3n) is 3.40. The number of carbonyl (C=O) groups excluding carboxylic acids is 1. The zero-order chi connectivity index (χ0) is 14.4. The van der Waals surface area contributed by atoms with Crippen LogP contribution < -0.4 is 5.32 Å². The van der Waals surface area contributed by atoms with Gasteiger partial charge < -0.3 is 10.1 Å². The molecule has 1 atom stereocenters.